The molecular weight excluding hydrogens is 566 g/mol. The maximum Gasteiger partial charge on any atom is 0.416 e. The van der Waals surface area contributed by atoms with Crippen LogP contribution in [0.1, 0.15) is 18.4 Å². The van der Waals surface area contributed by atoms with Crippen molar-refractivity contribution in [2.75, 3.05) is 22.7 Å². The van der Waals surface area contributed by atoms with Crippen molar-refractivity contribution in [3.8, 4) is 16.9 Å². The predicted molar refractivity (Wildman–Crippen MR) is 133 cm³/mol. The molecule has 214 valence electrons. The van der Waals surface area contributed by atoms with E-state index >= 15 is 0 Å². The molecule has 1 aliphatic heterocycles. The minimum absolute atomic E-state index is 0.0614. The lowest BCUT2D eigenvalue weighted by molar-refractivity contribution is -0.142. The Hall–Kier alpha value is -3.94. The number of sulfonamides is 1. The van der Waals surface area contributed by atoms with Gasteiger partial charge in [-0.3, -0.25) is 9.52 Å². The molecule has 14 heteroatoms. The Morgan fingerprint density at radius 2 is 1.70 bits per heavy atom. The summed E-state index contributed by atoms with van der Waals surface area (Å²) in [5.74, 6) is -2.94. The van der Waals surface area contributed by atoms with E-state index in [-0.39, 0.29) is 42.7 Å². The normalized spacial score (nSPS) is 14.8. The number of anilines is 2. The van der Waals surface area contributed by atoms with E-state index in [1.165, 1.54) is 18.2 Å². The SMILES string of the molecule is O=C(O)C1CCN(c2ccc(-c3cc(F)cc(OC(F)F)c3)cc2NS(=O)(=O)c2cccc(C(F)(F)F)c2)CC1. The third-order valence-electron chi connectivity index (χ3n) is 6.33. The summed E-state index contributed by atoms with van der Waals surface area (Å²) in [5, 5.41) is 9.29. The number of aliphatic carboxylic acids is 1. The number of carboxylic acids is 1. The molecule has 0 aromatic heterocycles. The number of alkyl halides is 5. The van der Waals surface area contributed by atoms with Gasteiger partial charge in [-0.2, -0.15) is 22.0 Å². The molecule has 0 atom stereocenters. The van der Waals surface area contributed by atoms with Gasteiger partial charge >= 0.3 is 18.8 Å². The molecule has 4 rings (SSSR count). The third kappa shape index (κ3) is 6.79. The smallest absolute Gasteiger partial charge is 0.416 e. The van der Waals surface area contributed by atoms with E-state index < -0.39 is 56.7 Å². The summed E-state index contributed by atoms with van der Waals surface area (Å²) >= 11 is 0. The number of rotatable bonds is 8. The van der Waals surface area contributed by atoms with Crippen LogP contribution in [0.15, 0.2) is 65.6 Å². The Bertz CT molecular complexity index is 1510. The number of hydrogen-bond acceptors (Lipinski definition) is 5. The Morgan fingerprint density at radius 3 is 2.33 bits per heavy atom. The Kier molecular flexibility index (Phi) is 8.19. The summed E-state index contributed by atoms with van der Waals surface area (Å²) in [7, 11) is -4.58. The van der Waals surface area contributed by atoms with Gasteiger partial charge in [0.1, 0.15) is 11.6 Å². The van der Waals surface area contributed by atoms with Crippen LogP contribution in [-0.2, 0) is 21.0 Å². The van der Waals surface area contributed by atoms with Crippen LogP contribution in [0.25, 0.3) is 11.1 Å². The molecule has 1 aliphatic rings. The maximum atomic E-state index is 14.2. The van der Waals surface area contributed by atoms with Gasteiger partial charge in [-0.1, -0.05) is 12.1 Å². The van der Waals surface area contributed by atoms with Crippen molar-refractivity contribution in [3.05, 3.63) is 72.0 Å². The van der Waals surface area contributed by atoms with Gasteiger partial charge in [0.05, 0.1) is 27.8 Å². The molecule has 0 bridgehead atoms. The van der Waals surface area contributed by atoms with Crippen molar-refractivity contribution >= 4 is 27.4 Å². The first-order chi connectivity index (χ1) is 18.7. The molecular formula is C26H22F6N2O5S. The zero-order chi connectivity index (χ0) is 29.2. The highest BCUT2D eigenvalue weighted by atomic mass is 32.2. The van der Waals surface area contributed by atoms with Crippen LogP contribution in [0.4, 0.5) is 37.7 Å². The largest absolute Gasteiger partial charge is 0.481 e. The Balaban J connectivity index is 1.76. The van der Waals surface area contributed by atoms with Crippen LogP contribution in [0.2, 0.25) is 0 Å². The number of carbonyl (C=O) groups is 1. The number of nitrogens with zero attached hydrogens (tertiary/aromatic N) is 1. The molecule has 1 saturated heterocycles. The van der Waals surface area contributed by atoms with Gasteiger partial charge in [0.2, 0.25) is 0 Å². The summed E-state index contributed by atoms with van der Waals surface area (Å²) in [6, 6.07) is 10.2. The van der Waals surface area contributed by atoms with E-state index in [0.29, 0.717) is 11.8 Å². The van der Waals surface area contributed by atoms with Crippen LogP contribution in [0.5, 0.6) is 5.75 Å². The lowest BCUT2D eigenvalue weighted by Crippen LogP contribution is -2.36. The first-order valence-corrected chi connectivity index (χ1v) is 13.3. The number of nitrogens with one attached hydrogen (secondary N) is 1. The lowest BCUT2D eigenvalue weighted by Gasteiger charge is -2.33. The van der Waals surface area contributed by atoms with Gasteiger partial charge < -0.3 is 14.7 Å². The minimum Gasteiger partial charge on any atom is -0.481 e. The van der Waals surface area contributed by atoms with Gasteiger partial charge in [0.25, 0.3) is 10.0 Å². The monoisotopic (exact) mass is 588 g/mol. The van der Waals surface area contributed by atoms with Crippen molar-refractivity contribution in [2.24, 2.45) is 5.92 Å². The predicted octanol–water partition coefficient (Wildman–Crippen LogP) is 6.21. The number of benzene rings is 3. The van der Waals surface area contributed by atoms with Crippen LogP contribution >= 0.6 is 0 Å². The van der Waals surface area contributed by atoms with E-state index in [1.54, 1.807) is 4.90 Å². The second kappa shape index (κ2) is 11.3. The maximum absolute atomic E-state index is 14.2. The van der Waals surface area contributed by atoms with Gasteiger partial charge in [-0.25, -0.2) is 12.8 Å². The molecule has 0 amide bonds. The lowest BCUT2D eigenvalue weighted by atomic mass is 9.96. The second-order valence-electron chi connectivity index (χ2n) is 9.02. The second-order valence-corrected chi connectivity index (χ2v) is 10.7. The molecule has 0 unspecified atom stereocenters. The van der Waals surface area contributed by atoms with Gasteiger partial charge in [0, 0.05) is 19.2 Å². The summed E-state index contributed by atoms with van der Waals surface area (Å²) in [5.41, 5.74) is -0.727. The number of ether oxygens (including phenoxy) is 1. The summed E-state index contributed by atoms with van der Waals surface area (Å²) in [4.78, 5) is 12.4. The fourth-order valence-corrected chi connectivity index (χ4v) is 5.49. The Labute approximate surface area is 225 Å². The van der Waals surface area contributed by atoms with Gasteiger partial charge in [-0.15, -0.1) is 0 Å². The summed E-state index contributed by atoms with van der Waals surface area (Å²) < 4.78 is 112. The van der Waals surface area contributed by atoms with Crippen molar-refractivity contribution in [1.82, 2.24) is 0 Å². The van der Waals surface area contributed by atoms with E-state index in [9.17, 15) is 44.7 Å². The zero-order valence-corrected chi connectivity index (χ0v) is 21.3. The van der Waals surface area contributed by atoms with Crippen molar-refractivity contribution in [2.45, 2.75) is 30.5 Å². The molecule has 1 fully saturated rings. The topological polar surface area (TPSA) is 95.9 Å². The van der Waals surface area contributed by atoms with Crippen LogP contribution < -0.4 is 14.4 Å². The van der Waals surface area contributed by atoms with Crippen LogP contribution in [-0.4, -0.2) is 39.2 Å². The van der Waals surface area contributed by atoms with Crippen molar-refractivity contribution in [3.63, 3.8) is 0 Å². The molecule has 2 N–H and O–H groups in total. The zero-order valence-electron chi connectivity index (χ0n) is 20.5. The summed E-state index contributed by atoms with van der Waals surface area (Å²) in [6.45, 7) is -2.75. The van der Waals surface area contributed by atoms with E-state index in [2.05, 4.69) is 9.46 Å². The van der Waals surface area contributed by atoms with E-state index in [1.807, 2.05) is 0 Å². The molecule has 3 aromatic rings. The molecule has 3 aromatic carbocycles. The van der Waals surface area contributed by atoms with E-state index in [4.69, 9.17) is 0 Å². The number of hydrogen-bond donors (Lipinski definition) is 2. The Morgan fingerprint density at radius 1 is 1.00 bits per heavy atom. The molecule has 0 radical (unpaired) electrons. The average molecular weight is 589 g/mol. The molecule has 0 spiro atoms. The first-order valence-electron chi connectivity index (χ1n) is 11.8. The highest BCUT2D eigenvalue weighted by Gasteiger charge is 2.32. The number of piperidine rings is 1. The van der Waals surface area contributed by atoms with Crippen molar-refractivity contribution < 1.29 is 49.4 Å². The fourth-order valence-electron chi connectivity index (χ4n) is 4.38. The van der Waals surface area contributed by atoms with Gasteiger partial charge in [-0.05, 0) is 66.4 Å². The fraction of sp³-hybridized carbons (Fsp3) is 0.269. The number of halogens is 6. The molecule has 0 saturated carbocycles. The highest BCUT2D eigenvalue weighted by molar-refractivity contribution is 7.92. The minimum atomic E-state index is -4.79. The third-order valence-corrected chi connectivity index (χ3v) is 7.69. The van der Waals surface area contributed by atoms with E-state index in [0.717, 1.165) is 36.4 Å². The molecule has 7 nitrogen and oxygen atoms in total. The quantitative estimate of drug-likeness (QED) is 0.304. The average Bonchev–Trinajstić information content (AvgIpc) is 2.87. The standard InChI is InChI=1S/C26H22F6N2O5S/c27-19-10-17(11-20(14-19)39-25(28)29)16-4-5-23(34-8-6-15(7-9-34)24(35)36)22(12-16)33-40(37,38)21-3-1-2-18(13-21)26(30,31)32/h1-5,10-15,25,33H,6-9H2,(H,35,36). The number of carboxylic acid groups (broad SMARTS) is 1. The van der Waals surface area contributed by atoms with Crippen LogP contribution in [0.3, 0.4) is 0 Å². The highest BCUT2D eigenvalue weighted by Crippen LogP contribution is 2.37. The van der Waals surface area contributed by atoms with Crippen molar-refractivity contribution in [1.29, 1.82) is 0 Å². The first kappa shape index (κ1) is 29.1. The molecule has 1 heterocycles. The van der Waals surface area contributed by atoms with Crippen LogP contribution in [0, 0.1) is 11.7 Å². The van der Waals surface area contributed by atoms with Gasteiger partial charge in [0.15, 0.2) is 0 Å². The molecule has 40 heavy (non-hydrogen) atoms. The summed E-state index contributed by atoms with van der Waals surface area (Å²) in [6.07, 6.45) is -4.27. The molecule has 0 aliphatic carbocycles.